The van der Waals surface area contributed by atoms with Gasteiger partial charge in [-0.3, -0.25) is 4.68 Å². The molecule has 0 aliphatic carbocycles. The van der Waals surface area contributed by atoms with Crippen molar-refractivity contribution in [2.24, 2.45) is 0 Å². The number of aliphatic hydroxyl groups is 1. The average molecular weight is 196 g/mol. The van der Waals surface area contributed by atoms with E-state index in [1.165, 1.54) is 0 Å². The molecule has 0 radical (unpaired) electrons. The normalized spacial score (nSPS) is 13.1. The van der Waals surface area contributed by atoms with Crippen molar-refractivity contribution in [1.82, 2.24) is 9.78 Å². The molecule has 0 aromatic carbocycles. The maximum Gasteiger partial charge on any atom is 0.0624 e. The smallest absolute Gasteiger partial charge is 0.0624 e. The van der Waals surface area contributed by atoms with Crippen LogP contribution in [0.4, 0.5) is 0 Å². The minimum Gasteiger partial charge on any atom is -0.396 e. The van der Waals surface area contributed by atoms with Crippen molar-refractivity contribution < 1.29 is 5.11 Å². The number of aromatic nitrogens is 2. The Labute approximate surface area is 85.8 Å². The summed E-state index contributed by atoms with van der Waals surface area (Å²) in [6, 6.07) is 2.56. The molecule has 0 amide bonds. The van der Waals surface area contributed by atoms with Crippen LogP contribution >= 0.6 is 0 Å². The zero-order valence-electron chi connectivity index (χ0n) is 9.11. The lowest BCUT2D eigenvalue weighted by Gasteiger charge is -2.07. The maximum atomic E-state index is 8.65. The first-order valence-electron chi connectivity index (χ1n) is 5.42. The number of aliphatic hydroxyl groups excluding tert-OH is 1. The van der Waals surface area contributed by atoms with Gasteiger partial charge in [-0.2, -0.15) is 5.10 Å². The molecule has 80 valence electrons. The van der Waals surface area contributed by atoms with Crippen LogP contribution < -0.4 is 0 Å². The van der Waals surface area contributed by atoms with Crippen molar-refractivity contribution in [3.8, 4) is 0 Å². The van der Waals surface area contributed by atoms with E-state index >= 15 is 0 Å². The van der Waals surface area contributed by atoms with E-state index in [4.69, 9.17) is 5.11 Å². The van der Waals surface area contributed by atoms with E-state index in [-0.39, 0.29) is 6.61 Å². The van der Waals surface area contributed by atoms with E-state index in [2.05, 4.69) is 25.0 Å². The Balaban J connectivity index is 2.42. The van der Waals surface area contributed by atoms with Crippen LogP contribution in [0.25, 0.3) is 0 Å². The van der Waals surface area contributed by atoms with E-state index in [1.54, 1.807) is 0 Å². The van der Waals surface area contributed by atoms with Gasteiger partial charge in [-0.1, -0.05) is 6.92 Å². The molecule has 0 bridgehead atoms. The van der Waals surface area contributed by atoms with Crippen LogP contribution in [0, 0.1) is 0 Å². The average Bonchev–Trinajstić information content (AvgIpc) is 2.66. The quantitative estimate of drug-likeness (QED) is 0.708. The Bertz CT molecular complexity index is 258. The Morgan fingerprint density at radius 2 is 2.29 bits per heavy atom. The predicted octanol–water partition coefficient (Wildman–Crippen LogP) is 2.17. The molecule has 1 aromatic rings. The fourth-order valence-corrected chi connectivity index (χ4v) is 1.36. The van der Waals surface area contributed by atoms with Gasteiger partial charge in [0.05, 0.1) is 5.69 Å². The van der Waals surface area contributed by atoms with Crippen LogP contribution in [0.2, 0.25) is 0 Å². The highest BCUT2D eigenvalue weighted by Crippen LogP contribution is 2.10. The first-order chi connectivity index (χ1) is 6.77. The topological polar surface area (TPSA) is 38.0 Å². The summed E-state index contributed by atoms with van der Waals surface area (Å²) < 4.78 is 2.02. The van der Waals surface area contributed by atoms with Crippen molar-refractivity contribution in [2.45, 2.75) is 45.6 Å². The van der Waals surface area contributed by atoms with E-state index in [9.17, 15) is 0 Å². The summed E-state index contributed by atoms with van der Waals surface area (Å²) in [4.78, 5) is 0. The van der Waals surface area contributed by atoms with Crippen molar-refractivity contribution in [2.75, 3.05) is 6.61 Å². The van der Waals surface area contributed by atoms with Crippen molar-refractivity contribution >= 4 is 0 Å². The van der Waals surface area contributed by atoms with Gasteiger partial charge in [0.1, 0.15) is 0 Å². The summed E-state index contributed by atoms with van der Waals surface area (Å²) >= 11 is 0. The summed E-state index contributed by atoms with van der Waals surface area (Å²) in [5.41, 5.74) is 1.14. The number of hydrogen-bond donors (Lipinski definition) is 1. The standard InChI is InChI=1S/C11H20N2O/c1-3-10(2)13-8-7-11(12-13)6-4-5-9-14/h7-8,10,14H,3-6,9H2,1-2H3. The Morgan fingerprint density at radius 1 is 1.50 bits per heavy atom. The molecule has 0 spiro atoms. The lowest BCUT2D eigenvalue weighted by Crippen LogP contribution is -2.04. The molecule has 3 heteroatoms. The first-order valence-corrected chi connectivity index (χ1v) is 5.42. The van der Waals surface area contributed by atoms with Gasteiger partial charge in [-0.05, 0) is 38.7 Å². The van der Waals surface area contributed by atoms with Gasteiger partial charge in [-0.25, -0.2) is 0 Å². The van der Waals surface area contributed by atoms with E-state index in [0.717, 1.165) is 31.4 Å². The number of unbranched alkanes of at least 4 members (excludes halogenated alkanes) is 1. The molecule has 0 saturated heterocycles. The molecule has 0 saturated carbocycles. The summed E-state index contributed by atoms with van der Waals surface area (Å²) in [7, 11) is 0. The summed E-state index contributed by atoms with van der Waals surface area (Å²) in [5.74, 6) is 0. The van der Waals surface area contributed by atoms with Gasteiger partial charge in [0, 0.05) is 18.8 Å². The van der Waals surface area contributed by atoms with E-state index < -0.39 is 0 Å². The van der Waals surface area contributed by atoms with Crippen LogP contribution in [0.5, 0.6) is 0 Å². The fourth-order valence-electron chi connectivity index (χ4n) is 1.36. The van der Waals surface area contributed by atoms with Crippen LogP contribution in [0.15, 0.2) is 12.3 Å². The molecule has 14 heavy (non-hydrogen) atoms. The number of nitrogens with zero attached hydrogens (tertiary/aromatic N) is 2. The van der Waals surface area contributed by atoms with Crippen LogP contribution in [-0.4, -0.2) is 21.5 Å². The number of aryl methyl sites for hydroxylation is 1. The van der Waals surface area contributed by atoms with Gasteiger partial charge >= 0.3 is 0 Å². The largest absolute Gasteiger partial charge is 0.396 e. The zero-order valence-corrected chi connectivity index (χ0v) is 9.11. The highest BCUT2D eigenvalue weighted by Gasteiger charge is 2.03. The lowest BCUT2D eigenvalue weighted by molar-refractivity contribution is 0.284. The third kappa shape index (κ3) is 3.14. The molecular formula is C11H20N2O. The molecule has 1 aromatic heterocycles. The third-order valence-corrected chi connectivity index (χ3v) is 2.55. The molecule has 1 N–H and O–H groups in total. The van der Waals surface area contributed by atoms with Crippen molar-refractivity contribution in [3.63, 3.8) is 0 Å². The molecule has 1 unspecified atom stereocenters. The Morgan fingerprint density at radius 3 is 2.93 bits per heavy atom. The molecule has 1 heterocycles. The number of hydrogen-bond acceptors (Lipinski definition) is 2. The predicted molar refractivity (Wildman–Crippen MR) is 57.3 cm³/mol. The molecular weight excluding hydrogens is 176 g/mol. The lowest BCUT2D eigenvalue weighted by atomic mass is 10.2. The summed E-state index contributed by atoms with van der Waals surface area (Å²) in [6.45, 7) is 4.62. The summed E-state index contributed by atoms with van der Waals surface area (Å²) in [5, 5.41) is 13.1. The summed E-state index contributed by atoms with van der Waals surface area (Å²) in [6.07, 6.45) is 6.02. The van der Waals surface area contributed by atoms with Gasteiger partial charge in [-0.15, -0.1) is 0 Å². The molecule has 1 rings (SSSR count). The third-order valence-electron chi connectivity index (χ3n) is 2.55. The molecule has 3 nitrogen and oxygen atoms in total. The van der Waals surface area contributed by atoms with Crippen molar-refractivity contribution in [1.29, 1.82) is 0 Å². The van der Waals surface area contributed by atoms with Crippen LogP contribution in [0.1, 0.15) is 44.8 Å². The number of rotatable bonds is 6. The maximum absolute atomic E-state index is 8.65. The molecule has 0 aliphatic heterocycles. The monoisotopic (exact) mass is 196 g/mol. The first kappa shape index (κ1) is 11.2. The van der Waals surface area contributed by atoms with Gasteiger partial charge in [0.25, 0.3) is 0 Å². The minimum atomic E-state index is 0.284. The molecule has 0 aliphatic rings. The van der Waals surface area contributed by atoms with Crippen molar-refractivity contribution in [3.05, 3.63) is 18.0 Å². The van der Waals surface area contributed by atoms with Gasteiger partial charge < -0.3 is 5.11 Å². The molecule has 1 atom stereocenters. The van der Waals surface area contributed by atoms with E-state index in [1.807, 2.05) is 10.9 Å². The second-order valence-corrected chi connectivity index (χ2v) is 3.73. The minimum absolute atomic E-state index is 0.284. The SMILES string of the molecule is CCC(C)n1ccc(CCCCO)n1. The molecule has 0 fully saturated rings. The van der Waals surface area contributed by atoms with Gasteiger partial charge in [0.2, 0.25) is 0 Å². The second kappa shape index (κ2) is 5.81. The van der Waals surface area contributed by atoms with E-state index in [0.29, 0.717) is 6.04 Å². The Hall–Kier alpha value is -0.830. The highest BCUT2D eigenvalue weighted by atomic mass is 16.2. The van der Waals surface area contributed by atoms with Crippen LogP contribution in [-0.2, 0) is 6.42 Å². The Kier molecular flexibility index (Phi) is 4.66. The fraction of sp³-hybridized carbons (Fsp3) is 0.727. The highest BCUT2D eigenvalue weighted by molar-refractivity contribution is 4.99. The van der Waals surface area contributed by atoms with Crippen LogP contribution in [0.3, 0.4) is 0 Å². The second-order valence-electron chi connectivity index (χ2n) is 3.73. The van der Waals surface area contributed by atoms with Gasteiger partial charge in [0.15, 0.2) is 0 Å². The zero-order chi connectivity index (χ0) is 10.4.